The van der Waals surface area contributed by atoms with Crippen molar-refractivity contribution < 1.29 is 20.2 Å². The molecular formula is C7H13Mo. The largest absolute Gasteiger partial charge is 1.00 e. The molecule has 0 unspecified atom stereocenters. The smallest absolute Gasteiger partial charge is 1.00 e. The van der Waals surface area contributed by atoms with Gasteiger partial charge in [0.15, 0.2) is 0 Å². The van der Waals surface area contributed by atoms with Gasteiger partial charge >= 0.3 is 56.5 Å². The molecular weight excluding hydrogens is 180 g/mol. The van der Waals surface area contributed by atoms with Crippen LogP contribution in [0.2, 0.25) is 10.6 Å². The van der Waals surface area contributed by atoms with Crippen molar-refractivity contribution in [2.75, 3.05) is 0 Å². The zero-order valence-corrected chi connectivity index (χ0v) is 7.35. The van der Waals surface area contributed by atoms with Gasteiger partial charge in [-0.3, -0.25) is 0 Å². The number of hydrogen-bond donors (Lipinski definition) is 0. The molecule has 0 atom stereocenters. The van der Waals surface area contributed by atoms with Gasteiger partial charge in [-0.05, 0) is 0 Å². The van der Waals surface area contributed by atoms with E-state index in [-0.39, 0.29) is 2.85 Å². The molecule has 0 radical (unpaired) electrons. The van der Waals surface area contributed by atoms with Crippen LogP contribution in [0.4, 0.5) is 0 Å². The van der Waals surface area contributed by atoms with Crippen LogP contribution < -0.4 is 0 Å². The maximum Gasteiger partial charge on any atom is -1.00 e. The Balaban J connectivity index is 0. The summed E-state index contributed by atoms with van der Waals surface area (Å²) in [6.45, 7) is 0. The maximum atomic E-state index is 2.40. The van der Waals surface area contributed by atoms with Crippen LogP contribution in [0.3, 0.4) is 0 Å². The third kappa shape index (κ3) is 1.32. The molecule has 0 bridgehead atoms. The molecule has 0 aromatic carbocycles. The third-order valence-electron chi connectivity index (χ3n) is 1.26. The Labute approximate surface area is 59.8 Å². The van der Waals surface area contributed by atoms with Gasteiger partial charge in [-0.1, -0.05) is 0 Å². The first-order valence-electron chi connectivity index (χ1n) is 2.74. The predicted octanol–water partition coefficient (Wildman–Crippen LogP) is 2.77. The van der Waals surface area contributed by atoms with E-state index in [0.29, 0.717) is 0 Å². The Kier molecular flexibility index (Phi) is 2.07. The molecule has 0 aromatic heterocycles. The summed E-state index contributed by atoms with van der Waals surface area (Å²) in [6.07, 6.45) is 7.97. The Morgan fingerprint density at radius 3 is 2.62 bits per heavy atom. The molecule has 1 rings (SSSR count). The van der Waals surface area contributed by atoms with Crippen LogP contribution in [0.1, 0.15) is 9.27 Å². The second-order valence-electron chi connectivity index (χ2n) is 2.08. The van der Waals surface area contributed by atoms with E-state index < -0.39 is 17.3 Å². The van der Waals surface area contributed by atoms with Crippen molar-refractivity contribution in [3.8, 4) is 0 Å². The first-order chi connectivity index (χ1) is 3.80. The van der Waals surface area contributed by atoms with E-state index in [1.807, 2.05) is 0 Å². The number of allylic oxidation sites excluding steroid dienone is 4. The van der Waals surface area contributed by atoms with Crippen molar-refractivity contribution in [3.63, 3.8) is 0 Å². The summed E-state index contributed by atoms with van der Waals surface area (Å²) in [7, 11) is 0. The van der Waals surface area contributed by atoms with Crippen molar-refractivity contribution in [2.24, 2.45) is 0 Å². The zero-order chi connectivity index (χ0) is 5.98. The Morgan fingerprint density at radius 1 is 1.62 bits per heavy atom. The Bertz CT molecular complexity index is 139. The van der Waals surface area contributed by atoms with Crippen LogP contribution >= 0.6 is 0 Å². The van der Waals surface area contributed by atoms with Gasteiger partial charge in [0, 0.05) is 0 Å². The topological polar surface area (TPSA) is 0 Å². The van der Waals surface area contributed by atoms with Crippen molar-refractivity contribution in [3.05, 3.63) is 22.2 Å². The van der Waals surface area contributed by atoms with Crippen molar-refractivity contribution >= 4 is 0 Å². The van der Waals surface area contributed by atoms with Gasteiger partial charge in [0.2, 0.25) is 0 Å². The molecule has 1 heteroatoms. The van der Waals surface area contributed by atoms with Gasteiger partial charge in [0.25, 0.3) is 0 Å². The van der Waals surface area contributed by atoms with E-state index in [1.54, 1.807) is 3.96 Å². The third-order valence-corrected chi connectivity index (χ3v) is 4.58. The first kappa shape index (κ1) is 6.29. The second-order valence-corrected chi connectivity index (χ2v) is 7.38. The van der Waals surface area contributed by atoms with Crippen molar-refractivity contribution in [1.82, 2.24) is 0 Å². The van der Waals surface area contributed by atoms with Crippen LogP contribution in [-0.2, 0) is 17.3 Å². The normalized spacial score (nSPS) is 16.5. The second kappa shape index (κ2) is 2.64. The SMILES string of the molecule is [CH3][Mo+2]([CH3])[C]1=CC=CC1.[H-].[H-]. The minimum absolute atomic E-state index is 0. The number of rotatable bonds is 1. The molecule has 0 saturated heterocycles. The van der Waals surface area contributed by atoms with Gasteiger partial charge in [-0.15, -0.1) is 0 Å². The monoisotopic (exact) mass is 195 g/mol. The predicted molar refractivity (Wildman–Crippen MR) is 35.8 cm³/mol. The van der Waals surface area contributed by atoms with Crippen LogP contribution in [0, 0.1) is 0 Å². The standard InChI is InChI=1S/C5H5.2CH3.Mo.2H/c1-2-4-5-3-1;;;;;/h1-3H,4H2;2*1H3;;;/q;;;+2;2*-1. The van der Waals surface area contributed by atoms with Gasteiger partial charge in [-0.2, -0.15) is 0 Å². The molecule has 0 N–H and O–H groups in total. The van der Waals surface area contributed by atoms with Crippen LogP contribution in [0.5, 0.6) is 0 Å². The first-order valence-corrected chi connectivity index (χ1v) is 7.76. The van der Waals surface area contributed by atoms with Crippen molar-refractivity contribution in [2.45, 2.75) is 17.0 Å². The van der Waals surface area contributed by atoms with Gasteiger partial charge < -0.3 is 2.85 Å². The van der Waals surface area contributed by atoms with E-state index >= 15 is 0 Å². The van der Waals surface area contributed by atoms with Gasteiger partial charge in [-0.25, -0.2) is 0 Å². The van der Waals surface area contributed by atoms with Crippen LogP contribution in [0.15, 0.2) is 22.2 Å². The van der Waals surface area contributed by atoms with E-state index in [4.69, 9.17) is 0 Å². The molecule has 0 heterocycles. The fourth-order valence-electron chi connectivity index (χ4n) is 0.730. The number of hydrogen-bond acceptors (Lipinski definition) is 0. The minimum Gasteiger partial charge on any atom is -1.00 e. The summed E-state index contributed by atoms with van der Waals surface area (Å²) in [5.74, 6) is 0. The molecule has 0 saturated carbocycles. The van der Waals surface area contributed by atoms with Crippen LogP contribution in [-0.4, -0.2) is 0 Å². The van der Waals surface area contributed by atoms with Gasteiger partial charge in [0.05, 0.1) is 0 Å². The zero-order valence-electron chi connectivity index (χ0n) is 7.35. The fourth-order valence-corrected chi connectivity index (χ4v) is 2.65. The molecule has 0 aromatic rings. The molecule has 1 aliphatic carbocycles. The molecule has 0 fully saturated rings. The van der Waals surface area contributed by atoms with Crippen LogP contribution in [0.25, 0.3) is 0 Å². The molecule has 47 valence electrons. The Hall–Kier alpha value is 0.168. The molecule has 8 heavy (non-hydrogen) atoms. The van der Waals surface area contributed by atoms with E-state index in [2.05, 4.69) is 28.9 Å². The minimum atomic E-state index is -0.685. The summed E-state index contributed by atoms with van der Waals surface area (Å²) < 4.78 is 1.73. The molecule has 0 spiro atoms. The summed E-state index contributed by atoms with van der Waals surface area (Å²) in [5.41, 5.74) is 0. The molecule has 0 nitrogen and oxygen atoms in total. The molecule has 1 aliphatic rings. The summed E-state index contributed by atoms with van der Waals surface area (Å²) in [4.78, 5) is 0. The summed E-state index contributed by atoms with van der Waals surface area (Å²) in [5, 5.41) is 4.81. The maximum absolute atomic E-state index is 2.40. The summed E-state index contributed by atoms with van der Waals surface area (Å²) in [6, 6.07) is 0. The quantitative estimate of drug-likeness (QED) is 0.561. The van der Waals surface area contributed by atoms with Gasteiger partial charge in [0.1, 0.15) is 0 Å². The average molecular weight is 193 g/mol. The van der Waals surface area contributed by atoms with E-state index in [0.717, 1.165) is 0 Å². The average Bonchev–Trinajstić information content (AvgIpc) is 2.12. The fraction of sp³-hybridized carbons (Fsp3) is 0.429. The van der Waals surface area contributed by atoms with E-state index in [9.17, 15) is 0 Å². The summed E-state index contributed by atoms with van der Waals surface area (Å²) >= 11 is -0.685. The molecule has 0 amide bonds. The van der Waals surface area contributed by atoms with E-state index in [1.165, 1.54) is 6.42 Å². The molecule has 0 aliphatic heterocycles. The van der Waals surface area contributed by atoms with Crippen molar-refractivity contribution in [1.29, 1.82) is 0 Å². The Morgan fingerprint density at radius 2 is 2.38 bits per heavy atom.